The molecule has 0 radical (unpaired) electrons. The minimum atomic E-state index is -1.03. The molecular weight excluding hydrogens is 360 g/mol. The third kappa shape index (κ3) is 2.31. The van der Waals surface area contributed by atoms with Gasteiger partial charge in [0, 0.05) is 20.5 Å². The van der Waals surface area contributed by atoms with E-state index in [1.807, 2.05) is 6.07 Å². The maximum Gasteiger partial charge on any atom is 0.355 e. The Hall–Kier alpha value is -0.790. The lowest BCUT2D eigenvalue weighted by atomic mass is 10.3. The fraction of sp³-hybridized carbons (Fsp3) is 0. The van der Waals surface area contributed by atoms with Crippen LogP contribution in [0.2, 0.25) is 0 Å². The van der Waals surface area contributed by atoms with Crippen LogP contribution in [0.1, 0.15) is 10.5 Å². The van der Waals surface area contributed by atoms with E-state index in [0.717, 1.165) is 8.95 Å². The molecule has 2 aromatic heterocycles. The summed E-state index contributed by atoms with van der Waals surface area (Å²) in [6.07, 6.45) is 1.64. The van der Waals surface area contributed by atoms with E-state index in [4.69, 9.17) is 5.11 Å². The van der Waals surface area contributed by atoms with Crippen LogP contribution in [0.5, 0.6) is 0 Å². The Morgan fingerprint density at radius 3 is 2.75 bits per heavy atom. The number of carbonyl (C=O) groups is 1. The van der Waals surface area contributed by atoms with E-state index in [1.165, 1.54) is 16.7 Å². The molecule has 0 saturated heterocycles. The molecule has 0 saturated carbocycles. The van der Waals surface area contributed by atoms with Gasteiger partial charge in [0.15, 0.2) is 5.69 Å². The number of aromatic nitrogens is 2. The number of hydrogen-bond acceptors (Lipinski definition) is 4. The summed E-state index contributed by atoms with van der Waals surface area (Å²) in [6, 6.07) is 1.84. The molecule has 0 atom stereocenters. The van der Waals surface area contributed by atoms with E-state index in [0.29, 0.717) is 10.7 Å². The molecule has 0 aliphatic rings. The van der Waals surface area contributed by atoms with Crippen LogP contribution in [0.25, 0.3) is 10.7 Å². The highest BCUT2D eigenvalue weighted by Gasteiger charge is 2.13. The van der Waals surface area contributed by atoms with E-state index in [9.17, 15) is 4.79 Å². The first kappa shape index (κ1) is 11.7. The van der Waals surface area contributed by atoms with Gasteiger partial charge in [-0.15, -0.1) is 11.3 Å². The Kier molecular flexibility index (Phi) is 3.36. The molecule has 0 amide bonds. The van der Waals surface area contributed by atoms with E-state index < -0.39 is 5.97 Å². The Morgan fingerprint density at radius 1 is 1.44 bits per heavy atom. The van der Waals surface area contributed by atoms with Gasteiger partial charge in [-0.25, -0.2) is 9.78 Å². The second kappa shape index (κ2) is 4.60. The second-order valence-electron chi connectivity index (χ2n) is 2.83. The number of nitrogens with zero attached hydrogens (tertiary/aromatic N) is 2. The highest BCUT2D eigenvalue weighted by atomic mass is 79.9. The van der Waals surface area contributed by atoms with E-state index in [1.54, 1.807) is 6.20 Å². The number of halogens is 2. The third-order valence-electron chi connectivity index (χ3n) is 1.73. The fourth-order valence-corrected chi connectivity index (χ4v) is 3.16. The van der Waals surface area contributed by atoms with Gasteiger partial charge in [0.05, 0.1) is 0 Å². The molecule has 16 heavy (non-hydrogen) atoms. The normalized spacial score (nSPS) is 10.4. The van der Waals surface area contributed by atoms with Gasteiger partial charge < -0.3 is 5.11 Å². The number of carboxylic acids is 1. The summed E-state index contributed by atoms with van der Waals surface area (Å²) in [4.78, 5) is 18.9. The van der Waals surface area contributed by atoms with Crippen molar-refractivity contribution in [3.63, 3.8) is 0 Å². The molecule has 4 nitrogen and oxygen atoms in total. The summed E-state index contributed by atoms with van der Waals surface area (Å²) >= 11 is 7.90. The monoisotopic (exact) mass is 362 g/mol. The van der Waals surface area contributed by atoms with Crippen LogP contribution >= 0.6 is 43.2 Å². The van der Waals surface area contributed by atoms with Gasteiger partial charge in [-0.3, -0.25) is 4.98 Å². The SMILES string of the molecule is O=C(O)c1csc(-c2ncc(Br)cc2Br)n1. The van der Waals surface area contributed by atoms with Crippen LogP contribution < -0.4 is 0 Å². The molecular formula is C9H4Br2N2O2S. The lowest BCUT2D eigenvalue weighted by molar-refractivity contribution is 0.0691. The van der Waals surface area contributed by atoms with Gasteiger partial charge in [-0.2, -0.15) is 0 Å². The molecule has 82 valence electrons. The first-order chi connectivity index (χ1) is 7.58. The smallest absolute Gasteiger partial charge is 0.355 e. The average Bonchev–Trinajstić information content (AvgIpc) is 2.66. The first-order valence-electron chi connectivity index (χ1n) is 4.08. The van der Waals surface area contributed by atoms with Gasteiger partial charge in [0.1, 0.15) is 10.7 Å². The van der Waals surface area contributed by atoms with Crippen molar-refractivity contribution in [3.8, 4) is 10.7 Å². The predicted molar refractivity (Wildman–Crippen MR) is 67.7 cm³/mol. The number of carboxylic acid groups (broad SMARTS) is 1. The number of aromatic carboxylic acids is 1. The molecule has 0 fully saturated rings. The number of rotatable bonds is 2. The first-order valence-corrected chi connectivity index (χ1v) is 6.54. The summed E-state index contributed by atoms with van der Waals surface area (Å²) in [5.41, 5.74) is 0.678. The van der Waals surface area contributed by atoms with Crippen molar-refractivity contribution in [3.05, 3.63) is 32.3 Å². The maximum atomic E-state index is 10.7. The molecule has 2 aromatic rings. The molecule has 0 unspecified atom stereocenters. The van der Waals surface area contributed by atoms with Crippen molar-refractivity contribution < 1.29 is 9.90 Å². The molecule has 7 heteroatoms. The van der Waals surface area contributed by atoms with Gasteiger partial charge in [0.25, 0.3) is 0 Å². The van der Waals surface area contributed by atoms with Crippen molar-refractivity contribution in [2.45, 2.75) is 0 Å². The van der Waals surface area contributed by atoms with Crippen LogP contribution in [0.4, 0.5) is 0 Å². The zero-order chi connectivity index (χ0) is 11.7. The Balaban J connectivity index is 2.46. The largest absolute Gasteiger partial charge is 0.476 e. The quantitative estimate of drug-likeness (QED) is 0.887. The van der Waals surface area contributed by atoms with Crippen LogP contribution in [-0.4, -0.2) is 21.0 Å². The topological polar surface area (TPSA) is 63.1 Å². The standard InChI is InChI=1S/C9H4Br2N2O2S/c10-4-1-5(11)7(12-2-4)8-13-6(3-16-8)9(14)15/h1-3H,(H,14,15). The number of pyridine rings is 1. The third-order valence-corrected chi connectivity index (χ3v) is 3.62. The van der Waals surface area contributed by atoms with Gasteiger partial charge >= 0.3 is 5.97 Å². The highest BCUT2D eigenvalue weighted by molar-refractivity contribution is 9.11. The zero-order valence-corrected chi connectivity index (χ0v) is 11.6. The van der Waals surface area contributed by atoms with Crippen molar-refractivity contribution in [1.82, 2.24) is 9.97 Å². The fourth-order valence-electron chi connectivity index (χ4n) is 1.05. The van der Waals surface area contributed by atoms with E-state index in [-0.39, 0.29) is 5.69 Å². The molecule has 0 spiro atoms. The Morgan fingerprint density at radius 2 is 2.19 bits per heavy atom. The van der Waals surface area contributed by atoms with Crippen molar-refractivity contribution in [1.29, 1.82) is 0 Å². The maximum absolute atomic E-state index is 10.7. The summed E-state index contributed by atoms with van der Waals surface area (Å²) in [6.45, 7) is 0. The summed E-state index contributed by atoms with van der Waals surface area (Å²) in [5, 5.41) is 10.8. The molecule has 0 aromatic carbocycles. The average molecular weight is 364 g/mol. The van der Waals surface area contributed by atoms with Gasteiger partial charge in [-0.1, -0.05) is 0 Å². The van der Waals surface area contributed by atoms with Crippen molar-refractivity contribution in [2.24, 2.45) is 0 Å². The molecule has 2 heterocycles. The van der Waals surface area contributed by atoms with Crippen LogP contribution in [0.3, 0.4) is 0 Å². The lowest BCUT2D eigenvalue weighted by Gasteiger charge is -1.99. The highest BCUT2D eigenvalue weighted by Crippen LogP contribution is 2.30. The van der Waals surface area contributed by atoms with Crippen LogP contribution in [0, 0.1) is 0 Å². The molecule has 0 aliphatic carbocycles. The van der Waals surface area contributed by atoms with Gasteiger partial charge in [0.2, 0.25) is 0 Å². The number of hydrogen-bond donors (Lipinski definition) is 1. The van der Waals surface area contributed by atoms with Crippen molar-refractivity contribution >= 4 is 49.2 Å². The summed E-state index contributed by atoms with van der Waals surface area (Å²) in [7, 11) is 0. The second-order valence-corrected chi connectivity index (χ2v) is 5.46. The minimum absolute atomic E-state index is 0.0385. The van der Waals surface area contributed by atoms with Crippen LogP contribution in [0.15, 0.2) is 26.6 Å². The molecule has 0 bridgehead atoms. The molecule has 2 rings (SSSR count). The predicted octanol–water partition coefficient (Wildman–Crippen LogP) is 3.43. The van der Waals surface area contributed by atoms with Crippen molar-refractivity contribution in [2.75, 3.05) is 0 Å². The zero-order valence-electron chi connectivity index (χ0n) is 7.65. The summed E-state index contributed by atoms with van der Waals surface area (Å²) < 4.78 is 1.62. The van der Waals surface area contributed by atoms with Crippen LogP contribution in [-0.2, 0) is 0 Å². The Bertz CT molecular complexity index is 556. The van der Waals surface area contributed by atoms with Gasteiger partial charge in [-0.05, 0) is 37.9 Å². The lowest BCUT2D eigenvalue weighted by Crippen LogP contribution is -1.96. The van der Waals surface area contributed by atoms with E-state index >= 15 is 0 Å². The summed E-state index contributed by atoms with van der Waals surface area (Å²) in [5.74, 6) is -1.03. The molecule has 1 N–H and O–H groups in total. The minimum Gasteiger partial charge on any atom is -0.476 e. The Labute approximate surface area is 112 Å². The molecule has 0 aliphatic heterocycles. The van der Waals surface area contributed by atoms with E-state index in [2.05, 4.69) is 41.8 Å². The number of thiazole rings is 1.